The Kier molecular flexibility index (Phi) is 14.4. The molecule has 1 saturated heterocycles. The van der Waals surface area contributed by atoms with Gasteiger partial charge in [-0.05, 0) is 13.3 Å². The SMILES string of the molecule is C1COCCN1.CCCCCCCCC(C)Cl. The van der Waals surface area contributed by atoms with Crippen molar-refractivity contribution in [2.24, 2.45) is 0 Å². The van der Waals surface area contributed by atoms with E-state index in [1.807, 2.05) is 0 Å². The van der Waals surface area contributed by atoms with E-state index in [1.54, 1.807) is 0 Å². The van der Waals surface area contributed by atoms with E-state index >= 15 is 0 Å². The van der Waals surface area contributed by atoms with Gasteiger partial charge in [0.2, 0.25) is 0 Å². The lowest BCUT2D eigenvalue weighted by Gasteiger charge is -2.10. The Hall–Kier alpha value is 0.210. The Morgan fingerprint density at radius 2 is 1.65 bits per heavy atom. The zero-order valence-electron chi connectivity index (χ0n) is 11.6. The molecule has 104 valence electrons. The summed E-state index contributed by atoms with van der Waals surface area (Å²) >= 11 is 5.82. The Morgan fingerprint density at radius 3 is 2.06 bits per heavy atom. The van der Waals surface area contributed by atoms with Crippen LogP contribution in [0.2, 0.25) is 0 Å². The summed E-state index contributed by atoms with van der Waals surface area (Å²) < 4.78 is 5.01. The molecule has 2 nitrogen and oxygen atoms in total. The minimum Gasteiger partial charge on any atom is -0.379 e. The Labute approximate surface area is 112 Å². The third-order valence-electron chi connectivity index (χ3n) is 2.80. The molecule has 0 aromatic heterocycles. The number of halogens is 1. The van der Waals surface area contributed by atoms with Gasteiger partial charge in [-0.25, -0.2) is 0 Å². The molecule has 0 aromatic rings. The standard InChI is InChI=1S/C10H21Cl.C4H9NO/c1-3-4-5-6-7-8-9-10(2)11;1-3-6-4-2-5-1/h10H,3-9H2,1-2H3;5H,1-4H2. The number of unbranched alkanes of at least 4 members (excludes halogenated alkanes) is 5. The Bertz CT molecular complexity index is 127. The molecule has 1 aliphatic rings. The van der Waals surface area contributed by atoms with Crippen LogP contribution in [-0.4, -0.2) is 31.7 Å². The van der Waals surface area contributed by atoms with Gasteiger partial charge < -0.3 is 10.1 Å². The molecule has 1 heterocycles. The maximum Gasteiger partial charge on any atom is 0.0591 e. The van der Waals surface area contributed by atoms with Crippen LogP contribution < -0.4 is 5.32 Å². The second-order valence-corrected chi connectivity index (χ2v) is 5.44. The molecule has 0 aromatic carbocycles. The summed E-state index contributed by atoms with van der Waals surface area (Å²) in [5.41, 5.74) is 0. The Balaban J connectivity index is 0.000000354. The fourth-order valence-corrected chi connectivity index (χ4v) is 1.88. The number of hydrogen-bond acceptors (Lipinski definition) is 2. The first-order valence-electron chi connectivity index (χ1n) is 7.20. The van der Waals surface area contributed by atoms with Crippen LogP contribution in [0.3, 0.4) is 0 Å². The van der Waals surface area contributed by atoms with Gasteiger partial charge in [-0.15, -0.1) is 11.6 Å². The largest absolute Gasteiger partial charge is 0.379 e. The molecule has 0 radical (unpaired) electrons. The van der Waals surface area contributed by atoms with Crippen molar-refractivity contribution in [3.63, 3.8) is 0 Å². The van der Waals surface area contributed by atoms with Crippen molar-refractivity contribution >= 4 is 11.6 Å². The average Bonchev–Trinajstić information content (AvgIpc) is 2.36. The monoisotopic (exact) mass is 263 g/mol. The molecular formula is C14H30ClNO. The van der Waals surface area contributed by atoms with E-state index in [0.717, 1.165) is 26.3 Å². The molecule has 0 aliphatic carbocycles. The van der Waals surface area contributed by atoms with Crippen molar-refractivity contribution in [2.75, 3.05) is 26.3 Å². The molecule has 1 rings (SSSR count). The van der Waals surface area contributed by atoms with E-state index < -0.39 is 0 Å². The molecule has 0 spiro atoms. The highest BCUT2D eigenvalue weighted by Crippen LogP contribution is 2.10. The minimum absolute atomic E-state index is 0.376. The van der Waals surface area contributed by atoms with Gasteiger partial charge >= 0.3 is 0 Å². The van der Waals surface area contributed by atoms with Gasteiger partial charge in [-0.2, -0.15) is 0 Å². The van der Waals surface area contributed by atoms with Gasteiger partial charge in [0.1, 0.15) is 0 Å². The quantitative estimate of drug-likeness (QED) is 0.554. The molecule has 17 heavy (non-hydrogen) atoms. The van der Waals surface area contributed by atoms with Crippen molar-refractivity contribution in [1.29, 1.82) is 0 Å². The smallest absolute Gasteiger partial charge is 0.0591 e. The molecular weight excluding hydrogens is 234 g/mol. The molecule has 1 fully saturated rings. The molecule has 1 N–H and O–H groups in total. The topological polar surface area (TPSA) is 21.3 Å². The summed E-state index contributed by atoms with van der Waals surface area (Å²) in [7, 11) is 0. The fraction of sp³-hybridized carbons (Fsp3) is 1.00. The summed E-state index contributed by atoms with van der Waals surface area (Å²) in [5, 5.41) is 3.54. The zero-order valence-corrected chi connectivity index (χ0v) is 12.4. The van der Waals surface area contributed by atoms with Crippen LogP contribution in [0.4, 0.5) is 0 Å². The average molecular weight is 264 g/mol. The van der Waals surface area contributed by atoms with E-state index in [1.165, 1.54) is 44.9 Å². The first-order valence-corrected chi connectivity index (χ1v) is 7.63. The number of nitrogens with one attached hydrogen (secondary N) is 1. The summed E-state index contributed by atoms with van der Waals surface area (Å²) in [4.78, 5) is 0. The third-order valence-corrected chi connectivity index (χ3v) is 3.02. The van der Waals surface area contributed by atoms with Crippen LogP contribution in [0, 0.1) is 0 Å². The van der Waals surface area contributed by atoms with Gasteiger partial charge in [-0.1, -0.05) is 45.4 Å². The number of alkyl halides is 1. The molecule has 1 atom stereocenters. The second kappa shape index (κ2) is 14.3. The second-order valence-electron chi connectivity index (χ2n) is 4.70. The predicted molar refractivity (Wildman–Crippen MR) is 77.0 cm³/mol. The number of ether oxygens (including phenoxy) is 1. The number of morpholine rings is 1. The van der Waals surface area contributed by atoms with Crippen LogP contribution >= 0.6 is 11.6 Å². The van der Waals surface area contributed by atoms with Crippen LogP contribution in [0.25, 0.3) is 0 Å². The van der Waals surface area contributed by atoms with E-state index in [-0.39, 0.29) is 0 Å². The predicted octanol–water partition coefficient (Wildman–Crippen LogP) is 3.97. The molecule has 0 amide bonds. The summed E-state index contributed by atoms with van der Waals surface area (Å²) in [6.07, 6.45) is 9.42. The summed E-state index contributed by atoms with van der Waals surface area (Å²) in [6.45, 7) is 8.16. The number of rotatable bonds is 7. The maximum absolute atomic E-state index is 5.82. The van der Waals surface area contributed by atoms with Crippen molar-refractivity contribution in [3.8, 4) is 0 Å². The molecule has 3 heteroatoms. The number of hydrogen-bond donors (Lipinski definition) is 1. The first-order chi connectivity index (χ1) is 8.27. The van der Waals surface area contributed by atoms with Gasteiger partial charge in [0, 0.05) is 18.5 Å². The van der Waals surface area contributed by atoms with Gasteiger partial charge in [-0.3, -0.25) is 0 Å². The van der Waals surface area contributed by atoms with Crippen LogP contribution in [0.15, 0.2) is 0 Å². The molecule has 0 bridgehead atoms. The van der Waals surface area contributed by atoms with E-state index in [4.69, 9.17) is 16.3 Å². The van der Waals surface area contributed by atoms with Gasteiger partial charge in [0.05, 0.1) is 13.2 Å². The third kappa shape index (κ3) is 16.2. The first kappa shape index (κ1) is 17.2. The highest BCUT2D eigenvalue weighted by Gasteiger charge is 1.95. The maximum atomic E-state index is 5.82. The van der Waals surface area contributed by atoms with E-state index in [0.29, 0.717) is 5.38 Å². The zero-order chi connectivity index (χ0) is 12.8. The minimum atomic E-state index is 0.376. The Morgan fingerprint density at radius 1 is 1.06 bits per heavy atom. The lowest BCUT2D eigenvalue weighted by atomic mass is 10.1. The van der Waals surface area contributed by atoms with E-state index in [2.05, 4.69) is 19.2 Å². The van der Waals surface area contributed by atoms with Gasteiger partial charge in [0.25, 0.3) is 0 Å². The van der Waals surface area contributed by atoms with E-state index in [9.17, 15) is 0 Å². The van der Waals surface area contributed by atoms with Crippen molar-refractivity contribution in [3.05, 3.63) is 0 Å². The molecule has 1 aliphatic heterocycles. The molecule has 0 saturated carbocycles. The lowest BCUT2D eigenvalue weighted by Crippen LogP contribution is -2.30. The lowest BCUT2D eigenvalue weighted by molar-refractivity contribution is 0.109. The van der Waals surface area contributed by atoms with Crippen molar-refractivity contribution < 1.29 is 4.74 Å². The van der Waals surface area contributed by atoms with Crippen LogP contribution in [-0.2, 0) is 4.74 Å². The fourth-order valence-electron chi connectivity index (χ4n) is 1.72. The van der Waals surface area contributed by atoms with Gasteiger partial charge in [0.15, 0.2) is 0 Å². The summed E-state index contributed by atoms with van der Waals surface area (Å²) in [6, 6.07) is 0. The highest BCUT2D eigenvalue weighted by atomic mass is 35.5. The van der Waals surface area contributed by atoms with Crippen LogP contribution in [0.1, 0.15) is 58.8 Å². The molecule has 1 unspecified atom stereocenters. The highest BCUT2D eigenvalue weighted by molar-refractivity contribution is 6.20. The van der Waals surface area contributed by atoms with Crippen molar-refractivity contribution in [1.82, 2.24) is 5.32 Å². The summed E-state index contributed by atoms with van der Waals surface area (Å²) in [5.74, 6) is 0. The van der Waals surface area contributed by atoms with Crippen molar-refractivity contribution in [2.45, 2.75) is 64.2 Å². The normalized spacial score (nSPS) is 17.1. The van der Waals surface area contributed by atoms with Crippen LogP contribution in [0.5, 0.6) is 0 Å².